The van der Waals surface area contributed by atoms with Crippen LogP contribution in [0, 0.1) is 0 Å². The molecule has 2 fully saturated rings. The van der Waals surface area contributed by atoms with E-state index < -0.39 is 11.2 Å². The molecule has 9 heteroatoms. The molecule has 2 aliphatic rings. The van der Waals surface area contributed by atoms with Crippen molar-refractivity contribution in [1.82, 2.24) is 5.32 Å². The normalized spacial score (nSPS) is 20.3. The van der Waals surface area contributed by atoms with Crippen LogP contribution in [0.5, 0.6) is 0 Å². The molecule has 1 aliphatic heterocycles. The Bertz CT molecular complexity index is 827. The van der Waals surface area contributed by atoms with E-state index >= 15 is 0 Å². The smallest absolute Gasteiger partial charge is 0.338 e. The van der Waals surface area contributed by atoms with Crippen molar-refractivity contribution in [2.75, 3.05) is 11.9 Å². The second-order valence-corrected chi connectivity index (χ2v) is 7.97. The van der Waals surface area contributed by atoms with Crippen LogP contribution in [-0.4, -0.2) is 40.5 Å². The van der Waals surface area contributed by atoms with Gasteiger partial charge >= 0.3 is 5.97 Å². The first-order valence-electron chi connectivity index (χ1n) is 9.73. The van der Waals surface area contributed by atoms with Crippen molar-refractivity contribution in [3.05, 3.63) is 29.8 Å². The van der Waals surface area contributed by atoms with Gasteiger partial charge in [-0.1, -0.05) is 18.2 Å². The number of amides is 2. The number of carbonyl (C=O) groups excluding carboxylic acids is 3. The number of esters is 1. The number of anilines is 1. The average molecular weight is 417 g/mol. The Morgan fingerprint density at radius 3 is 2.59 bits per heavy atom. The highest BCUT2D eigenvalue weighted by atomic mass is 32.2. The first kappa shape index (κ1) is 21.0. The van der Waals surface area contributed by atoms with Crippen molar-refractivity contribution in [2.24, 2.45) is 10.2 Å². The van der Waals surface area contributed by atoms with Gasteiger partial charge in [-0.05, 0) is 56.9 Å². The molecule has 1 saturated carbocycles. The maximum atomic E-state index is 12.3. The highest BCUT2D eigenvalue weighted by molar-refractivity contribution is 8.15. The van der Waals surface area contributed by atoms with Crippen LogP contribution in [0.4, 0.5) is 5.69 Å². The number of amidine groups is 1. The standard InChI is InChI=1S/C20H24N4O4S/c1-2-28-19(27)13-8-10-14(11-9-13)21-17(25)12-16-18(26)22-20(29-16)24-23-15-6-4-3-5-7-15/h8-11,16H,2-7,12H2,1H3,(H,21,25)(H,22,24,26)/t16-/m1/s1. The van der Waals surface area contributed by atoms with Crippen molar-refractivity contribution in [1.29, 1.82) is 0 Å². The van der Waals surface area contributed by atoms with E-state index in [1.165, 1.54) is 18.2 Å². The zero-order valence-corrected chi connectivity index (χ0v) is 17.1. The molecular formula is C20H24N4O4S. The highest BCUT2D eigenvalue weighted by Crippen LogP contribution is 2.24. The molecule has 1 saturated heterocycles. The van der Waals surface area contributed by atoms with Gasteiger partial charge in [0.15, 0.2) is 5.17 Å². The SMILES string of the molecule is CCOC(=O)c1ccc(NC(=O)C[C@H]2S/C(=N/N=C3CCCCC3)NC2=O)cc1. The lowest BCUT2D eigenvalue weighted by atomic mass is 9.99. The van der Waals surface area contributed by atoms with Crippen LogP contribution in [0.2, 0.25) is 0 Å². The van der Waals surface area contributed by atoms with Crippen molar-refractivity contribution < 1.29 is 19.1 Å². The fraction of sp³-hybridized carbons (Fsp3) is 0.450. The molecule has 8 nitrogen and oxygen atoms in total. The van der Waals surface area contributed by atoms with Gasteiger partial charge in [0.05, 0.1) is 12.2 Å². The van der Waals surface area contributed by atoms with Crippen LogP contribution in [-0.2, 0) is 14.3 Å². The monoisotopic (exact) mass is 416 g/mol. The van der Waals surface area contributed by atoms with Crippen molar-refractivity contribution >= 4 is 46.1 Å². The number of carbonyl (C=O) groups is 3. The minimum atomic E-state index is -0.542. The summed E-state index contributed by atoms with van der Waals surface area (Å²) in [5.41, 5.74) is 2.02. The Kier molecular flexibility index (Phi) is 7.40. The summed E-state index contributed by atoms with van der Waals surface area (Å²) in [6.07, 6.45) is 5.42. The zero-order valence-electron chi connectivity index (χ0n) is 16.3. The van der Waals surface area contributed by atoms with E-state index in [1.807, 2.05) is 0 Å². The van der Waals surface area contributed by atoms with Crippen LogP contribution >= 0.6 is 11.8 Å². The summed E-state index contributed by atoms with van der Waals surface area (Å²) in [6.45, 7) is 2.04. The summed E-state index contributed by atoms with van der Waals surface area (Å²) in [5, 5.41) is 13.7. The number of nitrogens with zero attached hydrogens (tertiary/aromatic N) is 2. The number of hydrogen-bond acceptors (Lipinski definition) is 7. The van der Waals surface area contributed by atoms with Crippen LogP contribution in [0.15, 0.2) is 34.5 Å². The second-order valence-electron chi connectivity index (χ2n) is 6.78. The molecule has 2 amide bonds. The van der Waals surface area contributed by atoms with E-state index in [0.717, 1.165) is 31.4 Å². The molecule has 154 valence electrons. The highest BCUT2D eigenvalue weighted by Gasteiger charge is 2.32. The van der Waals surface area contributed by atoms with Gasteiger partial charge in [-0.25, -0.2) is 4.79 Å². The minimum absolute atomic E-state index is 0.0196. The van der Waals surface area contributed by atoms with E-state index in [9.17, 15) is 14.4 Å². The zero-order chi connectivity index (χ0) is 20.6. The number of rotatable bonds is 6. The predicted molar refractivity (Wildman–Crippen MR) is 113 cm³/mol. The van der Waals surface area contributed by atoms with Crippen LogP contribution < -0.4 is 10.6 Å². The summed E-state index contributed by atoms with van der Waals surface area (Å²) in [4.78, 5) is 36.0. The molecular weight excluding hydrogens is 392 g/mol. The largest absolute Gasteiger partial charge is 0.462 e. The fourth-order valence-corrected chi connectivity index (χ4v) is 3.96. The quantitative estimate of drug-likeness (QED) is 0.547. The lowest BCUT2D eigenvalue weighted by Crippen LogP contribution is -2.28. The topological polar surface area (TPSA) is 109 Å². The number of thioether (sulfide) groups is 1. The Morgan fingerprint density at radius 2 is 1.90 bits per heavy atom. The molecule has 1 atom stereocenters. The van der Waals surface area contributed by atoms with Crippen molar-refractivity contribution in [2.45, 2.75) is 50.7 Å². The molecule has 29 heavy (non-hydrogen) atoms. The summed E-state index contributed by atoms with van der Waals surface area (Å²) in [5.74, 6) is -0.945. The van der Waals surface area contributed by atoms with Crippen molar-refractivity contribution in [3.8, 4) is 0 Å². The number of hydrogen-bond donors (Lipinski definition) is 2. The van der Waals surface area contributed by atoms with Gasteiger partial charge in [0.25, 0.3) is 0 Å². The van der Waals surface area contributed by atoms with Gasteiger partial charge < -0.3 is 15.4 Å². The van der Waals surface area contributed by atoms with Gasteiger partial charge in [0.2, 0.25) is 11.8 Å². The number of nitrogens with one attached hydrogen (secondary N) is 2. The fourth-order valence-electron chi connectivity index (χ4n) is 3.05. The van der Waals surface area contributed by atoms with Gasteiger partial charge in [-0.15, -0.1) is 5.10 Å². The molecule has 3 rings (SSSR count). The van der Waals surface area contributed by atoms with Crippen LogP contribution in [0.3, 0.4) is 0 Å². The first-order chi connectivity index (χ1) is 14.0. The summed E-state index contributed by atoms with van der Waals surface area (Å²) >= 11 is 1.22. The molecule has 0 aromatic heterocycles. The first-order valence-corrected chi connectivity index (χ1v) is 10.6. The van der Waals surface area contributed by atoms with Crippen LogP contribution in [0.25, 0.3) is 0 Å². The Morgan fingerprint density at radius 1 is 1.17 bits per heavy atom. The Hall–Kier alpha value is -2.68. The molecule has 1 heterocycles. The summed E-state index contributed by atoms with van der Waals surface area (Å²) < 4.78 is 4.92. The molecule has 0 unspecified atom stereocenters. The molecule has 0 bridgehead atoms. The lowest BCUT2D eigenvalue weighted by Gasteiger charge is -2.10. The summed E-state index contributed by atoms with van der Waals surface area (Å²) in [6, 6.07) is 6.41. The molecule has 2 N–H and O–H groups in total. The van der Waals surface area contributed by atoms with E-state index in [4.69, 9.17) is 4.74 Å². The average Bonchev–Trinajstić information content (AvgIpc) is 3.07. The van der Waals surface area contributed by atoms with Gasteiger partial charge in [0.1, 0.15) is 5.25 Å². The van der Waals surface area contributed by atoms with Gasteiger partial charge in [-0.3, -0.25) is 9.59 Å². The third kappa shape index (κ3) is 6.15. The lowest BCUT2D eigenvalue weighted by molar-refractivity contribution is -0.122. The summed E-state index contributed by atoms with van der Waals surface area (Å²) in [7, 11) is 0. The molecule has 1 aromatic carbocycles. The maximum absolute atomic E-state index is 12.3. The number of benzene rings is 1. The minimum Gasteiger partial charge on any atom is -0.462 e. The van der Waals surface area contributed by atoms with Crippen molar-refractivity contribution in [3.63, 3.8) is 0 Å². The number of ether oxygens (including phenoxy) is 1. The van der Waals surface area contributed by atoms with Gasteiger partial charge in [-0.2, -0.15) is 5.10 Å². The molecule has 0 radical (unpaired) electrons. The van der Waals surface area contributed by atoms with Crippen LogP contribution in [0.1, 0.15) is 55.8 Å². The molecule has 1 aliphatic carbocycles. The van der Waals surface area contributed by atoms with E-state index in [-0.39, 0.29) is 18.2 Å². The second kappa shape index (κ2) is 10.2. The third-order valence-corrected chi connectivity index (χ3v) is 5.61. The predicted octanol–water partition coefficient (Wildman–Crippen LogP) is 3.10. The van der Waals surface area contributed by atoms with E-state index in [0.29, 0.717) is 23.0 Å². The maximum Gasteiger partial charge on any atom is 0.338 e. The molecule has 0 spiro atoms. The third-order valence-electron chi connectivity index (χ3n) is 4.54. The van der Waals surface area contributed by atoms with E-state index in [2.05, 4.69) is 20.8 Å². The Labute approximate surface area is 173 Å². The van der Waals surface area contributed by atoms with Gasteiger partial charge in [0, 0.05) is 17.8 Å². The Balaban J connectivity index is 1.51. The van der Waals surface area contributed by atoms with E-state index in [1.54, 1.807) is 31.2 Å². The molecule has 1 aromatic rings.